The molecule has 2 aromatic carbocycles. The summed E-state index contributed by atoms with van der Waals surface area (Å²) in [6.07, 6.45) is 6.38. The molecule has 0 unspecified atom stereocenters. The Hall–Kier alpha value is -3.52. The van der Waals surface area contributed by atoms with Crippen molar-refractivity contribution in [1.82, 2.24) is 24.8 Å². The van der Waals surface area contributed by atoms with Gasteiger partial charge in [0.05, 0.1) is 11.9 Å². The minimum Gasteiger partial charge on any atom is -0.366 e. The third-order valence-corrected chi connectivity index (χ3v) is 7.44. The van der Waals surface area contributed by atoms with Crippen molar-refractivity contribution in [2.24, 2.45) is 5.73 Å². The van der Waals surface area contributed by atoms with Gasteiger partial charge < -0.3 is 10.6 Å². The monoisotopic (exact) mass is 472 g/mol. The molecule has 0 aliphatic carbocycles. The minimum absolute atomic E-state index is 0.00405. The Kier molecular flexibility index (Phi) is 6.63. The number of aromatic nitrogens is 3. The molecule has 1 aromatic heterocycles. The molecule has 5 rings (SSSR count). The van der Waals surface area contributed by atoms with Gasteiger partial charge in [0.25, 0.3) is 0 Å². The van der Waals surface area contributed by atoms with Crippen LogP contribution in [0.4, 0.5) is 0 Å². The van der Waals surface area contributed by atoms with Crippen LogP contribution in [0.5, 0.6) is 0 Å². The van der Waals surface area contributed by atoms with Gasteiger partial charge in [-0.25, -0.2) is 4.68 Å². The number of carbonyl (C=O) groups excluding carboxylic acids is 2. The van der Waals surface area contributed by atoms with Crippen LogP contribution in [0.25, 0.3) is 0 Å². The van der Waals surface area contributed by atoms with Crippen molar-refractivity contribution in [2.75, 3.05) is 7.05 Å². The summed E-state index contributed by atoms with van der Waals surface area (Å²) in [4.78, 5) is 28.5. The van der Waals surface area contributed by atoms with E-state index in [1.54, 1.807) is 15.6 Å². The molecule has 0 spiro atoms. The number of hydrogen-bond donors (Lipinski definition) is 1. The van der Waals surface area contributed by atoms with E-state index in [0.717, 1.165) is 30.6 Å². The van der Waals surface area contributed by atoms with Crippen molar-refractivity contribution >= 4 is 11.8 Å². The highest BCUT2D eigenvalue weighted by Gasteiger charge is 2.41. The number of primary amides is 1. The number of piperidine rings is 1. The van der Waals surface area contributed by atoms with E-state index in [0.29, 0.717) is 30.1 Å². The number of carbonyl (C=O) groups is 2. The molecule has 2 N–H and O–H groups in total. The highest BCUT2D eigenvalue weighted by Crippen LogP contribution is 2.43. The molecule has 2 bridgehead atoms. The highest BCUT2D eigenvalue weighted by atomic mass is 16.2. The van der Waals surface area contributed by atoms with E-state index in [4.69, 9.17) is 5.73 Å². The Morgan fingerprint density at radius 3 is 2.51 bits per heavy atom. The Morgan fingerprint density at radius 2 is 1.80 bits per heavy atom. The molecule has 8 nitrogen and oxygen atoms in total. The summed E-state index contributed by atoms with van der Waals surface area (Å²) in [5.74, 6) is 0.0703. The zero-order valence-electron chi connectivity index (χ0n) is 20.1. The van der Waals surface area contributed by atoms with Crippen molar-refractivity contribution in [1.29, 1.82) is 0 Å². The first-order valence-electron chi connectivity index (χ1n) is 12.3. The van der Waals surface area contributed by atoms with Crippen LogP contribution in [0.2, 0.25) is 0 Å². The molecule has 3 aromatic rings. The van der Waals surface area contributed by atoms with Crippen molar-refractivity contribution in [2.45, 2.75) is 63.3 Å². The maximum absolute atomic E-state index is 12.7. The van der Waals surface area contributed by atoms with Crippen LogP contribution in [-0.2, 0) is 24.4 Å². The highest BCUT2D eigenvalue weighted by molar-refractivity contribution is 5.92. The lowest BCUT2D eigenvalue weighted by Gasteiger charge is -2.38. The van der Waals surface area contributed by atoms with E-state index < -0.39 is 0 Å². The summed E-state index contributed by atoms with van der Waals surface area (Å²) in [6.45, 7) is 1.50. The standard InChI is InChI=1S/C27H32N6O2/c1-31(15-19-6-3-2-4-7-19)26(34)18-32-16-23(29-30-32)17-33-24-10-11-25(33)14-22(13-24)20-8-5-9-21(12-20)27(28)35/h2-9,12,16,22,24-25H,10-11,13-15,17-18H2,1H3,(H2,28,35)/t22-,24+,25-. The van der Waals surface area contributed by atoms with E-state index in [9.17, 15) is 9.59 Å². The van der Waals surface area contributed by atoms with E-state index in [-0.39, 0.29) is 18.4 Å². The van der Waals surface area contributed by atoms with E-state index in [1.165, 1.54) is 18.4 Å². The molecule has 0 radical (unpaired) electrons. The van der Waals surface area contributed by atoms with Gasteiger partial charge in [0.2, 0.25) is 11.8 Å². The molecule has 35 heavy (non-hydrogen) atoms. The lowest BCUT2D eigenvalue weighted by Crippen LogP contribution is -2.41. The molecule has 3 heterocycles. The topological polar surface area (TPSA) is 97.3 Å². The van der Waals surface area contributed by atoms with Gasteiger partial charge in [-0.3, -0.25) is 14.5 Å². The summed E-state index contributed by atoms with van der Waals surface area (Å²) >= 11 is 0. The molecule has 2 aliphatic heterocycles. The number of fused-ring (bicyclic) bond motifs is 2. The normalized spacial score (nSPS) is 21.7. The van der Waals surface area contributed by atoms with Crippen LogP contribution in [0.1, 0.15) is 58.8 Å². The predicted octanol–water partition coefficient (Wildman–Crippen LogP) is 2.95. The summed E-state index contributed by atoms with van der Waals surface area (Å²) in [5.41, 5.74) is 9.27. The van der Waals surface area contributed by atoms with Gasteiger partial charge in [0.15, 0.2) is 0 Å². The molecule has 182 valence electrons. The zero-order valence-corrected chi connectivity index (χ0v) is 20.1. The summed E-state index contributed by atoms with van der Waals surface area (Å²) in [5, 5.41) is 8.58. The number of benzene rings is 2. The SMILES string of the molecule is CN(Cc1ccccc1)C(=O)Cn1cc(CN2[C@@H]3CC[C@H]2C[C@@H](c2cccc(C(N)=O)c2)C3)nn1. The molecule has 2 aliphatic rings. The fraction of sp³-hybridized carbons (Fsp3) is 0.407. The molecule has 8 heteroatoms. The van der Waals surface area contributed by atoms with E-state index >= 15 is 0 Å². The van der Waals surface area contributed by atoms with Gasteiger partial charge in [-0.05, 0) is 54.9 Å². The minimum atomic E-state index is -0.375. The van der Waals surface area contributed by atoms with Crippen molar-refractivity contribution in [3.05, 3.63) is 83.2 Å². The Balaban J connectivity index is 1.18. The van der Waals surface area contributed by atoms with Crippen LogP contribution < -0.4 is 5.73 Å². The Morgan fingerprint density at radius 1 is 1.06 bits per heavy atom. The van der Waals surface area contributed by atoms with Gasteiger partial charge in [-0.2, -0.15) is 0 Å². The number of nitrogens with two attached hydrogens (primary N) is 1. The summed E-state index contributed by atoms with van der Waals surface area (Å²) < 4.78 is 1.64. The first kappa shape index (κ1) is 23.2. The summed E-state index contributed by atoms with van der Waals surface area (Å²) in [7, 11) is 1.81. The maximum atomic E-state index is 12.7. The fourth-order valence-corrected chi connectivity index (χ4v) is 5.63. The van der Waals surface area contributed by atoms with Crippen LogP contribution in [0.3, 0.4) is 0 Å². The van der Waals surface area contributed by atoms with Gasteiger partial charge >= 0.3 is 0 Å². The first-order valence-corrected chi connectivity index (χ1v) is 12.3. The molecular formula is C27H32N6O2. The third-order valence-electron chi connectivity index (χ3n) is 7.44. The van der Waals surface area contributed by atoms with Gasteiger partial charge in [-0.1, -0.05) is 47.7 Å². The quantitative estimate of drug-likeness (QED) is 0.544. The smallest absolute Gasteiger partial charge is 0.248 e. The molecular weight excluding hydrogens is 440 g/mol. The van der Waals surface area contributed by atoms with Gasteiger partial charge in [0, 0.05) is 37.8 Å². The molecule has 2 fully saturated rings. The predicted molar refractivity (Wildman–Crippen MR) is 132 cm³/mol. The average molecular weight is 473 g/mol. The lowest BCUT2D eigenvalue weighted by molar-refractivity contribution is -0.131. The van der Waals surface area contributed by atoms with Crippen LogP contribution >= 0.6 is 0 Å². The summed E-state index contributed by atoms with van der Waals surface area (Å²) in [6, 6.07) is 18.7. The number of likely N-dealkylation sites (N-methyl/N-ethyl adjacent to an activating group) is 1. The largest absolute Gasteiger partial charge is 0.366 e. The Labute approximate surface area is 205 Å². The second-order valence-electron chi connectivity index (χ2n) is 9.86. The number of nitrogens with zero attached hydrogens (tertiary/aromatic N) is 5. The molecule has 3 atom stereocenters. The van der Waals surface area contributed by atoms with Crippen molar-refractivity contribution < 1.29 is 9.59 Å². The lowest BCUT2D eigenvalue weighted by atomic mass is 9.84. The van der Waals surface area contributed by atoms with Gasteiger partial charge in [0.1, 0.15) is 6.54 Å². The fourth-order valence-electron chi connectivity index (χ4n) is 5.63. The number of amides is 2. The maximum Gasteiger partial charge on any atom is 0.248 e. The van der Waals surface area contributed by atoms with Crippen LogP contribution in [0.15, 0.2) is 60.8 Å². The average Bonchev–Trinajstić information content (AvgIpc) is 3.39. The van der Waals surface area contributed by atoms with Crippen molar-refractivity contribution in [3.8, 4) is 0 Å². The van der Waals surface area contributed by atoms with Crippen molar-refractivity contribution in [3.63, 3.8) is 0 Å². The molecule has 2 amide bonds. The third kappa shape index (κ3) is 5.27. The number of hydrogen-bond acceptors (Lipinski definition) is 5. The van der Waals surface area contributed by atoms with Gasteiger partial charge in [-0.15, -0.1) is 5.10 Å². The van der Waals surface area contributed by atoms with Crippen LogP contribution in [0, 0.1) is 0 Å². The zero-order chi connectivity index (χ0) is 24.4. The van der Waals surface area contributed by atoms with E-state index in [2.05, 4.69) is 21.3 Å². The number of rotatable bonds is 8. The van der Waals surface area contributed by atoms with Crippen LogP contribution in [-0.4, -0.2) is 55.7 Å². The Bertz CT molecular complexity index is 1180. The van der Waals surface area contributed by atoms with E-state index in [1.807, 2.05) is 55.7 Å². The first-order chi connectivity index (χ1) is 17.0. The molecule has 2 saturated heterocycles. The second kappa shape index (κ2) is 10.00. The second-order valence-corrected chi connectivity index (χ2v) is 9.86. The molecule has 0 saturated carbocycles.